The zero-order valence-electron chi connectivity index (χ0n) is 11.3. The van der Waals surface area contributed by atoms with E-state index in [4.69, 9.17) is 12.2 Å². The summed E-state index contributed by atoms with van der Waals surface area (Å²) in [6.45, 7) is 0.316. The SMILES string of the molecule is C[C@H]1CCCCN1C(=S)Nc1ccc(OC(F)F)cc1. The monoisotopic (exact) mass is 300 g/mol. The van der Waals surface area contributed by atoms with Gasteiger partial charge in [0.15, 0.2) is 5.11 Å². The molecule has 20 heavy (non-hydrogen) atoms. The Morgan fingerprint density at radius 2 is 2.05 bits per heavy atom. The quantitative estimate of drug-likeness (QED) is 0.857. The molecule has 1 aromatic carbocycles. The van der Waals surface area contributed by atoms with Crippen molar-refractivity contribution in [2.24, 2.45) is 0 Å². The van der Waals surface area contributed by atoms with Gasteiger partial charge < -0.3 is 15.0 Å². The van der Waals surface area contributed by atoms with Crippen molar-refractivity contribution in [2.75, 3.05) is 11.9 Å². The zero-order valence-corrected chi connectivity index (χ0v) is 12.1. The first-order chi connectivity index (χ1) is 9.56. The Kier molecular flexibility index (Phi) is 5.11. The number of likely N-dealkylation sites (tertiary alicyclic amines) is 1. The normalized spacial score (nSPS) is 19.0. The van der Waals surface area contributed by atoms with E-state index in [1.807, 2.05) is 0 Å². The molecule has 0 aromatic heterocycles. The van der Waals surface area contributed by atoms with Gasteiger partial charge in [0.25, 0.3) is 0 Å². The predicted octanol–water partition coefficient (Wildman–Crippen LogP) is 3.86. The van der Waals surface area contributed by atoms with Crippen molar-refractivity contribution in [3.05, 3.63) is 24.3 Å². The summed E-state index contributed by atoms with van der Waals surface area (Å²) < 4.78 is 28.4. The lowest BCUT2D eigenvalue weighted by molar-refractivity contribution is -0.0498. The summed E-state index contributed by atoms with van der Waals surface area (Å²) in [5.41, 5.74) is 0.773. The van der Waals surface area contributed by atoms with Gasteiger partial charge in [-0.2, -0.15) is 8.78 Å². The molecule has 0 saturated carbocycles. The number of piperidine rings is 1. The molecule has 0 spiro atoms. The number of hydrogen-bond donors (Lipinski definition) is 1. The molecule has 0 amide bonds. The fraction of sp³-hybridized carbons (Fsp3) is 0.500. The van der Waals surface area contributed by atoms with Gasteiger partial charge in [0.05, 0.1) is 0 Å². The Labute approximate surface area is 122 Å². The molecule has 1 aliphatic heterocycles. The van der Waals surface area contributed by atoms with Crippen LogP contribution in [0.1, 0.15) is 26.2 Å². The number of thiocarbonyl (C=S) groups is 1. The largest absolute Gasteiger partial charge is 0.435 e. The number of alkyl halides is 2. The molecule has 1 heterocycles. The summed E-state index contributed by atoms with van der Waals surface area (Å²) in [5, 5.41) is 3.82. The third-order valence-corrected chi connectivity index (χ3v) is 3.73. The standard InChI is InChI=1S/C14H18F2N2OS/c1-10-4-2-3-9-18(10)14(20)17-11-5-7-12(8-6-11)19-13(15)16/h5-8,10,13H,2-4,9H2,1H3,(H,17,20)/t10-/m0/s1. The maximum Gasteiger partial charge on any atom is 0.387 e. The van der Waals surface area contributed by atoms with Gasteiger partial charge >= 0.3 is 6.61 Å². The molecule has 1 aromatic rings. The van der Waals surface area contributed by atoms with Crippen molar-refractivity contribution in [3.63, 3.8) is 0 Å². The second-order valence-corrected chi connectivity index (χ2v) is 5.26. The number of halogens is 2. The van der Waals surface area contributed by atoms with E-state index in [-0.39, 0.29) is 5.75 Å². The Morgan fingerprint density at radius 3 is 2.65 bits per heavy atom. The van der Waals surface area contributed by atoms with E-state index in [0.717, 1.165) is 25.1 Å². The highest BCUT2D eigenvalue weighted by molar-refractivity contribution is 7.80. The summed E-state index contributed by atoms with van der Waals surface area (Å²) in [7, 11) is 0. The minimum Gasteiger partial charge on any atom is -0.435 e. The summed E-state index contributed by atoms with van der Waals surface area (Å²) >= 11 is 5.40. The molecular formula is C14H18F2N2OS. The lowest BCUT2D eigenvalue weighted by Crippen LogP contribution is -2.44. The molecule has 0 radical (unpaired) electrons. The van der Waals surface area contributed by atoms with Gasteiger partial charge in [-0.25, -0.2) is 0 Å². The van der Waals surface area contributed by atoms with Crippen molar-refractivity contribution >= 4 is 23.0 Å². The smallest absolute Gasteiger partial charge is 0.387 e. The fourth-order valence-electron chi connectivity index (χ4n) is 2.31. The van der Waals surface area contributed by atoms with Crippen LogP contribution in [0.25, 0.3) is 0 Å². The second-order valence-electron chi connectivity index (χ2n) is 4.87. The molecule has 1 fully saturated rings. The number of anilines is 1. The Morgan fingerprint density at radius 1 is 1.35 bits per heavy atom. The zero-order chi connectivity index (χ0) is 14.5. The molecule has 2 rings (SSSR count). The van der Waals surface area contributed by atoms with Crippen LogP contribution in [0.2, 0.25) is 0 Å². The Bertz CT molecular complexity index is 453. The van der Waals surface area contributed by atoms with Crippen molar-refractivity contribution in [3.8, 4) is 5.75 Å². The van der Waals surface area contributed by atoms with Crippen molar-refractivity contribution in [1.82, 2.24) is 4.90 Å². The van der Waals surface area contributed by atoms with Gasteiger partial charge in [-0.15, -0.1) is 0 Å². The third kappa shape index (κ3) is 4.03. The minimum absolute atomic E-state index is 0.141. The Hall–Kier alpha value is -1.43. The minimum atomic E-state index is -2.80. The van der Waals surface area contributed by atoms with Crippen LogP contribution in [-0.4, -0.2) is 29.2 Å². The lowest BCUT2D eigenvalue weighted by Gasteiger charge is -2.35. The molecule has 3 nitrogen and oxygen atoms in total. The molecular weight excluding hydrogens is 282 g/mol. The van der Waals surface area contributed by atoms with Crippen LogP contribution < -0.4 is 10.1 Å². The van der Waals surface area contributed by atoms with Gasteiger partial charge in [-0.1, -0.05) is 0 Å². The molecule has 0 unspecified atom stereocenters. The van der Waals surface area contributed by atoms with E-state index in [1.54, 1.807) is 12.1 Å². The van der Waals surface area contributed by atoms with Gasteiger partial charge in [-0.3, -0.25) is 0 Å². The summed E-state index contributed by atoms with van der Waals surface area (Å²) in [6.07, 6.45) is 3.52. The van der Waals surface area contributed by atoms with Gasteiger partial charge in [0.1, 0.15) is 5.75 Å². The van der Waals surface area contributed by atoms with E-state index in [9.17, 15) is 8.78 Å². The maximum atomic E-state index is 12.1. The van der Waals surface area contributed by atoms with Crippen LogP contribution in [0.15, 0.2) is 24.3 Å². The van der Waals surface area contributed by atoms with E-state index in [0.29, 0.717) is 11.2 Å². The average Bonchev–Trinajstić information content (AvgIpc) is 2.41. The molecule has 1 saturated heterocycles. The third-order valence-electron chi connectivity index (χ3n) is 3.39. The summed E-state index contributed by atoms with van der Waals surface area (Å²) in [5.74, 6) is 0.141. The highest BCUT2D eigenvalue weighted by Crippen LogP contribution is 2.20. The van der Waals surface area contributed by atoms with E-state index in [2.05, 4.69) is 21.9 Å². The highest BCUT2D eigenvalue weighted by atomic mass is 32.1. The lowest BCUT2D eigenvalue weighted by atomic mass is 10.0. The second kappa shape index (κ2) is 6.83. The highest BCUT2D eigenvalue weighted by Gasteiger charge is 2.20. The summed E-state index contributed by atoms with van der Waals surface area (Å²) in [6, 6.07) is 6.79. The summed E-state index contributed by atoms with van der Waals surface area (Å²) in [4.78, 5) is 2.17. The van der Waals surface area contributed by atoms with Gasteiger partial charge in [0.2, 0.25) is 0 Å². The average molecular weight is 300 g/mol. The van der Waals surface area contributed by atoms with Crippen molar-refractivity contribution in [1.29, 1.82) is 0 Å². The number of nitrogens with zero attached hydrogens (tertiary/aromatic N) is 1. The van der Waals surface area contributed by atoms with E-state index in [1.165, 1.54) is 18.6 Å². The topological polar surface area (TPSA) is 24.5 Å². The van der Waals surface area contributed by atoms with E-state index >= 15 is 0 Å². The van der Waals surface area contributed by atoms with Crippen LogP contribution >= 0.6 is 12.2 Å². The maximum absolute atomic E-state index is 12.1. The molecule has 0 bridgehead atoms. The van der Waals surface area contributed by atoms with Crippen LogP contribution in [0.4, 0.5) is 14.5 Å². The van der Waals surface area contributed by atoms with Crippen molar-refractivity contribution < 1.29 is 13.5 Å². The molecule has 1 aliphatic rings. The molecule has 0 aliphatic carbocycles. The predicted molar refractivity (Wildman–Crippen MR) is 79.3 cm³/mol. The van der Waals surface area contributed by atoms with E-state index < -0.39 is 6.61 Å². The van der Waals surface area contributed by atoms with Crippen LogP contribution in [0.3, 0.4) is 0 Å². The molecule has 110 valence electrons. The molecule has 1 N–H and O–H groups in total. The number of nitrogens with one attached hydrogen (secondary N) is 1. The Balaban J connectivity index is 1.93. The van der Waals surface area contributed by atoms with Crippen LogP contribution in [-0.2, 0) is 0 Å². The van der Waals surface area contributed by atoms with Crippen LogP contribution in [0.5, 0.6) is 5.75 Å². The van der Waals surface area contributed by atoms with Crippen molar-refractivity contribution in [2.45, 2.75) is 38.8 Å². The number of benzene rings is 1. The van der Waals surface area contributed by atoms with Gasteiger partial charge in [0, 0.05) is 18.3 Å². The number of rotatable bonds is 3. The number of hydrogen-bond acceptors (Lipinski definition) is 2. The molecule has 1 atom stereocenters. The molecule has 6 heteroatoms. The number of ether oxygens (including phenoxy) is 1. The first kappa shape index (κ1) is 15.0. The van der Waals surface area contributed by atoms with Gasteiger partial charge in [-0.05, 0) is 62.7 Å². The first-order valence-electron chi connectivity index (χ1n) is 6.69. The first-order valence-corrected chi connectivity index (χ1v) is 7.09. The van der Waals surface area contributed by atoms with Crippen LogP contribution in [0, 0.1) is 0 Å². The fourth-order valence-corrected chi connectivity index (χ4v) is 2.70.